The van der Waals surface area contributed by atoms with E-state index in [0.29, 0.717) is 0 Å². The van der Waals surface area contributed by atoms with Crippen molar-refractivity contribution in [3.63, 3.8) is 0 Å². The van der Waals surface area contributed by atoms with Gasteiger partial charge in [0.2, 0.25) is 0 Å². The molecule has 2 N–H and O–H groups in total. The molecule has 0 fully saturated rings. The summed E-state index contributed by atoms with van der Waals surface area (Å²) in [5.41, 5.74) is 0.775. The Hall–Kier alpha value is -1.25. The maximum atomic E-state index is 10.8. The topological polar surface area (TPSA) is 53.1 Å². The van der Waals surface area contributed by atoms with Gasteiger partial charge in [-0.3, -0.25) is 4.79 Å². The lowest BCUT2D eigenvalue weighted by Crippen LogP contribution is -2.17. The standard InChI is InChI=1S/C9H13NO2/c1-6(2)8(9(11)12)7-4-3-5-10-7/h3-6,8,10H,1-2H3,(H,11,12). The Bertz CT molecular complexity index is 252. The van der Waals surface area contributed by atoms with Gasteiger partial charge in [-0.25, -0.2) is 0 Å². The van der Waals surface area contributed by atoms with E-state index in [1.54, 1.807) is 12.3 Å². The molecule has 3 nitrogen and oxygen atoms in total. The Morgan fingerprint density at radius 3 is 2.58 bits per heavy atom. The van der Waals surface area contributed by atoms with Crippen LogP contribution in [0.3, 0.4) is 0 Å². The van der Waals surface area contributed by atoms with Gasteiger partial charge in [0.05, 0.1) is 5.92 Å². The van der Waals surface area contributed by atoms with Crippen LogP contribution in [0.5, 0.6) is 0 Å². The van der Waals surface area contributed by atoms with Crippen LogP contribution in [-0.4, -0.2) is 16.1 Å². The van der Waals surface area contributed by atoms with Crippen LogP contribution in [0.25, 0.3) is 0 Å². The van der Waals surface area contributed by atoms with E-state index in [-0.39, 0.29) is 5.92 Å². The quantitative estimate of drug-likeness (QED) is 0.721. The molecule has 0 spiro atoms. The van der Waals surface area contributed by atoms with Gasteiger partial charge < -0.3 is 10.1 Å². The number of carbonyl (C=O) groups is 1. The molecule has 1 aromatic rings. The Labute approximate surface area is 71.4 Å². The van der Waals surface area contributed by atoms with Crippen LogP contribution >= 0.6 is 0 Å². The number of carboxylic acid groups (broad SMARTS) is 1. The summed E-state index contributed by atoms with van der Waals surface area (Å²) >= 11 is 0. The molecule has 66 valence electrons. The number of carboxylic acids is 1. The maximum absolute atomic E-state index is 10.8. The van der Waals surface area contributed by atoms with Crippen LogP contribution in [0.15, 0.2) is 18.3 Å². The third-order valence-electron chi connectivity index (χ3n) is 1.89. The largest absolute Gasteiger partial charge is 0.481 e. The zero-order chi connectivity index (χ0) is 9.14. The van der Waals surface area contributed by atoms with Gasteiger partial charge in [-0.2, -0.15) is 0 Å². The summed E-state index contributed by atoms with van der Waals surface area (Å²) in [7, 11) is 0. The van der Waals surface area contributed by atoms with Crippen LogP contribution < -0.4 is 0 Å². The SMILES string of the molecule is CC(C)C(C(=O)O)c1ccc[nH]1. The second-order valence-corrected chi connectivity index (χ2v) is 3.19. The lowest BCUT2D eigenvalue weighted by Gasteiger charge is -2.13. The number of hydrogen-bond donors (Lipinski definition) is 2. The van der Waals surface area contributed by atoms with Crippen LogP contribution in [0.1, 0.15) is 25.5 Å². The molecule has 0 saturated carbocycles. The third kappa shape index (κ3) is 1.67. The van der Waals surface area contributed by atoms with E-state index in [4.69, 9.17) is 5.11 Å². The second kappa shape index (κ2) is 3.43. The molecule has 0 amide bonds. The summed E-state index contributed by atoms with van der Waals surface area (Å²) in [6.45, 7) is 3.80. The van der Waals surface area contributed by atoms with E-state index in [9.17, 15) is 4.79 Å². The minimum Gasteiger partial charge on any atom is -0.481 e. The Morgan fingerprint density at radius 1 is 1.58 bits per heavy atom. The highest BCUT2D eigenvalue weighted by atomic mass is 16.4. The van der Waals surface area contributed by atoms with Crippen molar-refractivity contribution in [3.8, 4) is 0 Å². The first-order valence-electron chi connectivity index (χ1n) is 3.99. The zero-order valence-corrected chi connectivity index (χ0v) is 7.24. The van der Waals surface area contributed by atoms with Gasteiger partial charge in [0.15, 0.2) is 0 Å². The number of rotatable bonds is 3. The van der Waals surface area contributed by atoms with Crippen molar-refractivity contribution >= 4 is 5.97 Å². The molecular formula is C9H13NO2. The molecule has 3 heteroatoms. The average Bonchev–Trinajstić information content (AvgIpc) is 2.37. The summed E-state index contributed by atoms with van der Waals surface area (Å²) in [5.74, 6) is -1.08. The molecule has 1 aromatic heterocycles. The van der Waals surface area contributed by atoms with E-state index in [1.807, 2.05) is 19.9 Å². The molecular weight excluding hydrogens is 154 g/mol. The first kappa shape index (κ1) is 8.84. The summed E-state index contributed by atoms with van der Waals surface area (Å²) in [4.78, 5) is 13.7. The minimum absolute atomic E-state index is 0.112. The number of aliphatic carboxylic acids is 1. The number of nitrogens with one attached hydrogen (secondary N) is 1. The van der Waals surface area contributed by atoms with Gasteiger partial charge >= 0.3 is 5.97 Å². The van der Waals surface area contributed by atoms with E-state index < -0.39 is 11.9 Å². The molecule has 1 atom stereocenters. The second-order valence-electron chi connectivity index (χ2n) is 3.19. The molecule has 1 rings (SSSR count). The van der Waals surface area contributed by atoms with Crippen LogP contribution in [0.2, 0.25) is 0 Å². The predicted molar refractivity (Wildman–Crippen MR) is 46.0 cm³/mol. The highest BCUT2D eigenvalue weighted by Crippen LogP contribution is 2.22. The van der Waals surface area contributed by atoms with E-state index >= 15 is 0 Å². The van der Waals surface area contributed by atoms with Crippen molar-refractivity contribution in [2.45, 2.75) is 19.8 Å². The normalized spacial score (nSPS) is 13.2. The van der Waals surface area contributed by atoms with Crippen molar-refractivity contribution in [2.24, 2.45) is 5.92 Å². The molecule has 0 saturated heterocycles. The third-order valence-corrected chi connectivity index (χ3v) is 1.89. The van der Waals surface area contributed by atoms with Crippen LogP contribution in [0, 0.1) is 5.92 Å². The van der Waals surface area contributed by atoms with Gasteiger partial charge in [0.1, 0.15) is 0 Å². The lowest BCUT2D eigenvalue weighted by molar-refractivity contribution is -0.139. The highest BCUT2D eigenvalue weighted by Gasteiger charge is 2.23. The van der Waals surface area contributed by atoms with Crippen LogP contribution in [0.4, 0.5) is 0 Å². The van der Waals surface area contributed by atoms with Gasteiger partial charge in [0.25, 0.3) is 0 Å². The molecule has 1 heterocycles. The molecule has 12 heavy (non-hydrogen) atoms. The summed E-state index contributed by atoms with van der Waals surface area (Å²) in [6, 6.07) is 3.62. The van der Waals surface area contributed by atoms with Crippen molar-refractivity contribution in [1.29, 1.82) is 0 Å². The number of hydrogen-bond acceptors (Lipinski definition) is 1. The lowest BCUT2D eigenvalue weighted by atomic mass is 9.93. The fraction of sp³-hybridized carbons (Fsp3) is 0.444. The first-order chi connectivity index (χ1) is 5.63. The highest BCUT2D eigenvalue weighted by molar-refractivity contribution is 5.75. The molecule has 0 aliphatic carbocycles. The molecule has 0 aliphatic heterocycles. The van der Waals surface area contributed by atoms with Crippen molar-refractivity contribution in [2.75, 3.05) is 0 Å². The van der Waals surface area contributed by atoms with Crippen molar-refractivity contribution in [1.82, 2.24) is 4.98 Å². The summed E-state index contributed by atoms with van der Waals surface area (Å²) < 4.78 is 0. The smallest absolute Gasteiger partial charge is 0.312 e. The van der Waals surface area contributed by atoms with Gasteiger partial charge in [-0.15, -0.1) is 0 Å². The van der Waals surface area contributed by atoms with Crippen molar-refractivity contribution in [3.05, 3.63) is 24.0 Å². The van der Waals surface area contributed by atoms with Gasteiger partial charge in [0, 0.05) is 11.9 Å². The summed E-state index contributed by atoms with van der Waals surface area (Å²) in [5, 5.41) is 8.90. The fourth-order valence-corrected chi connectivity index (χ4v) is 1.31. The molecule has 0 bridgehead atoms. The fourth-order valence-electron chi connectivity index (χ4n) is 1.31. The number of aromatic nitrogens is 1. The average molecular weight is 167 g/mol. The molecule has 0 aromatic carbocycles. The molecule has 0 radical (unpaired) electrons. The predicted octanol–water partition coefficient (Wildman–Crippen LogP) is 1.84. The first-order valence-corrected chi connectivity index (χ1v) is 3.99. The Morgan fingerprint density at radius 2 is 2.25 bits per heavy atom. The van der Waals surface area contributed by atoms with Gasteiger partial charge in [-0.1, -0.05) is 13.8 Å². The van der Waals surface area contributed by atoms with E-state index in [0.717, 1.165) is 5.69 Å². The van der Waals surface area contributed by atoms with E-state index in [1.165, 1.54) is 0 Å². The molecule has 0 aliphatic rings. The number of H-pyrrole nitrogens is 1. The Kier molecular flexibility index (Phi) is 2.53. The minimum atomic E-state index is -0.771. The molecule has 1 unspecified atom stereocenters. The van der Waals surface area contributed by atoms with Crippen LogP contribution in [-0.2, 0) is 4.79 Å². The number of aromatic amines is 1. The van der Waals surface area contributed by atoms with E-state index in [2.05, 4.69) is 4.98 Å². The summed E-state index contributed by atoms with van der Waals surface area (Å²) in [6.07, 6.45) is 1.74. The van der Waals surface area contributed by atoms with Gasteiger partial charge in [-0.05, 0) is 18.1 Å². The maximum Gasteiger partial charge on any atom is 0.312 e. The zero-order valence-electron chi connectivity index (χ0n) is 7.24. The van der Waals surface area contributed by atoms with Crippen molar-refractivity contribution < 1.29 is 9.90 Å². The monoisotopic (exact) mass is 167 g/mol. The Balaban J connectivity index is 2.88.